The van der Waals surface area contributed by atoms with Gasteiger partial charge in [0.05, 0.1) is 0 Å². The topological polar surface area (TPSA) is 44.4 Å². The van der Waals surface area contributed by atoms with E-state index in [-0.39, 0.29) is 5.91 Å². The number of nitrogens with zero attached hydrogens (tertiary/aromatic N) is 1. The Morgan fingerprint density at radius 2 is 1.44 bits per heavy atom. The maximum absolute atomic E-state index is 13.0. The zero-order valence-corrected chi connectivity index (χ0v) is 20.8. The summed E-state index contributed by atoms with van der Waals surface area (Å²) in [4.78, 5) is 15.5. The lowest BCUT2D eigenvalue weighted by atomic mass is 9.98. The summed E-state index contributed by atoms with van der Waals surface area (Å²) >= 11 is 0. The van der Waals surface area contributed by atoms with E-state index in [2.05, 4.69) is 89.2 Å². The van der Waals surface area contributed by atoms with Gasteiger partial charge in [0.2, 0.25) is 0 Å². The molecule has 1 heterocycles. The van der Waals surface area contributed by atoms with Gasteiger partial charge >= 0.3 is 0 Å². The Labute approximate surface area is 214 Å². The Kier molecular flexibility index (Phi) is 7.55. The molecule has 0 radical (unpaired) electrons. The third-order valence-corrected chi connectivity index (χ3v) is 6.84. The van der Waals surface area contributed by atoms with E-state index < -0.39 is 0 Å². The quantitative estimate of drug-likeness (QED) is 0.362. The van der Waals surface area contributed by atoms with Crippen molar-refractivity contribution >= 4 is 5.91 Å². The van der Waals surface area contributed by atoms with E-state index in [1.54, 1.807) is 0 Å². The summed E-state index contributed by atoms with van der Waals surface area (Å²) in [5.74, 6) is -0.0612. The highest BCUT2D eigenvalue weighted by Crippen LogP contribution is 2.25. The number of amides is 1. The second kappa shape index (κ2) is 11.3. The van der Waals surface area contributed by atoms with Crippen molar-refractivity contribution in [2.45, 2.75) is 20.0 Å². The van der Waals surface area contributed by atoms with Crippen molar-refractivity contribution in [2.75, 3.05) is 26.2 Å². The van der Waals surface area contributed by atoms with Gasteiger partial charge in [0.25, 0.3) is 5.91 Å². The molecule has 0 atom stereocenters. The molecule has 1 amide bonds. The van der Waals surface area contributed by atoms with Gasteiger partial charge in [-0.2, -0.15) is 0 Å². The first kappa shape index (κ1) is 24.0. The van der Waals surface area contributed by atoms with Crippen molar-refractivity contribution in [3.63, 3.8) is 0 Å². The van der Waals surface area contributed by atoms with Crippen LogP contribution in [-0.2, 0) is 13.1 Å². The highest BCUT2D eigenvalue weighted by atomic mass is 16.1. The summed E-state index contributed by atoms with van der Waals surface area (Å²) in [7, 11) is 0. The molecule has 0 aromatic heterocycles. The van der Waals surface area contributed by atoms with Gasteiger partial charge in [-0.05, 0) is 70.1 Å². The largest absolute Gasteiger partial charge is 0.348 e. The van der Waals surface area contributed by atoms with Crippen molar-refractivity contribution in [3.8, 4) is 22.3 Å². The molecular formula is C32H33N3O. The zero-order chi connectivity index (χ0) is 24.7. The van der Waals surface area contributed by atoms with Crippen LogP contribution in [0.3, 0.4) is 0 Å². The summed E-state index contributed by atoms with van der Waals surface area (Å²) in [5, 5.41) is 6.52. The molecular weight excluding hydrogens is 442 g/mol. The second-order valence-corrected chi connectivity index (χ2v) is 9.51. The number of piperazine rings is 1. The van der Waals surface area contributed by atoms with Crippen LogP contribution in [0.15, 0.2) is 97.1 Å². The van der Waals surface area contributed by atoms with Crippen molar-refractivity contribution in [2.24, 2.45) is 0 Å². The Morgan fingerprint density at radius 1 is 0.778 bits per heavy atom. The smallest absolute Gasteiger partial charge is 0.251 e. The lowest BCUT2D eigenvalue weighted by molar-refractivity contribution is 0.0951. The van der Waals surface area contributed by atoms with Gasteiger partial charge < -0.3 is 10.6 Å². The first-order chi connectivity index (χ1) is 17.7. The number of hydrogen-bond donors (Lipinski definition) is 2. The predicted octanol–water partition coefficient (Wildman–Crippen LogP) is 5.66. The maximum atomic E-state index is 13.0. The molecule has 1 saturated heterocycles. The van der Waals surface area contributed by atoms with Crippen LogP contribution in [0, 0.1) is 6.92 Å². The number of benzene rings is 4. The van der Waals surface area contributed by atoms with Crippen molar-refractivity contribution < 1.29 is 4.79 Å². The van der Waals surface area contributed by atoms with Crippen LogP contribution in [0.4, 0.5) is 0 Å². The number of rotatable bonds is 7. The number of aryl methyl sites for hydroxylation is 1. The Morgan fingerprint density at radius 3 is 2.22 bits per heavy atom. The molecule has 0 aliphatic carbocycles. The third kappa shape index (κ3) is 5.91. The van der Waals surface area contributed by atoms with Crippen LogP contribution in [0.1, 0.15) is 27.0 Å². The second-order valence-electron chi connectivity index (χ2n) is 9.51. The first-order valence-electron chi connectivity index (χ1n) is 12.7. The molecule has 1 fully saturated rings. The van der Waals surface area contributed by atoms with Crippen LogP contribution < -0.4 is 10.6 Å². The van der Waals surface area contributed by atoms with Gasteiger partial charge in [-0.1, -0.05) is 72.8 Å². The molecule has 0 spiro atoms. The summed E-state index contributed by atoms with van der Waals surface area (Å²) < 4.78 is 0. The van der Waals surface area contributed by atoms with Crippen molar-refractivity contribution in [1.82, 2.24) is 15.5 Å². The van der Waals surface area contributed by atoms with Crippen LogP contribution >= 0.6 is 0 Å². The molecule has 1 aliphatic heterocycles. The molecule has 0 unspecified atom stereocenters. The van der Waals surface area contributed by atoms with Gasteiger partial charge in [0, 0.05) is 44.8 Å². The molecule has 1 aliphatic rings. The molecule has 4 heteroatoms. The van der Waals surface area contributed by atoms with E-state index in [1.807, 2.05) is 30.3 Å². The molecule has 4 aromatic carbocycles. The van der Waals surface area contributed by atoms with Crippen LogP contribution in [0.5, 0.6) is 0 Å². The van der Waals surface area contributed by atoms with E-state index in [0.29, 0.717) is 12.1 Å². The van der Waals surface area contributed by atoms with Crippen molar-refractivity contribution in [3.05, 3.63) is 119 Å². The molecule has 0 bridgehead atoms. The van der Waals surface area contributed by atoms with E-state index in [0.717, 1.165) is 49.4 Å². The molecule has 2 N–H and O–H groups in total. The fourth-order valence-corrected chi connectivity index (χ4v) is 4.85. The number of hydrogen-bond acceptors (Lipinski definition) is 3. The average molecular weight is 476 g/mol. The first-order valence-corrected chi connectivity index (χ1v) is 12.7. The minimum Gasteiger partial charge on any atom is -0.348 e. The normalized spacial score (nSPS) is 13.9. The van der Waals surface area contributed by atoms with Crippen LogP contribution in [0.2, 0.25) is 0 Å². The summed E-state index contributed by atoms with van der Waals surface area (Å²) in [6.45, 7) is 7.86. The van der Waals surface area contributed by atoms with Gasteiger partial charge in [0.15, 0.2) is 0 Å². The minimum atomic E-state index is -0.0612. The highest BCUT2D eigenvalue weighted by molar-refractivity contribution is 5.95. The minimum absolute atomic E-state index is 0.0612. The molecule has 5 rings (SSSR count). The van der Waals surface area contributed by atoms with Gasteiger partial charge in [-0.3, -0.25) is 9.69 Å². The zero-order valence-electron chi connectivity index (χ0n) is 20.8. The predicted molar refractivity (Wildman–Crippen MR) is 148 cm³/mol. The van der Waals surface area contributed by atoms with E-state index in [4.69, 9.17) is 0 Å². The SMILES string of the molecule is Cc1ccccc1-c1cccc(C(=O)NCc2cccc(-c3cccc(CN4CCNCC4)c3)c2)c1. The average Bonchev–Trinajstić information content (AvgIpc) is 2.93. The highest BCUT2D eigenvalue weighted by Gasteiger charge is 2.11. The number of carbonyl (C=O) groups is 1. The summed E-state index contributed by atoms with van der Waals surface area (Å²) in [6.07, 6.45) is 0. The Balaban J connectivity index is 1.25. The third-order valence-electron chi connectivity index (χ3n) is 6.84. The van der Waals surface area contributed by atoms with Gasteiger partial charge in [-0.15, -0.1) is 0 Å². The van der Waals surface area contributed by atoms with Crippen molar-refractivity contribution in [1.29, 1.82) is 0 Å². The summed E-state index contributed by atoms with van der Waals surface area (Å²) in [5.41, 5.74) is 8.89. The number of nitrogens with one attached hydrogen (secondary N) is 2. The molecule has 182 valence electrons. The monoisotopic (exact) mass is 475 g/mol. The fraction of sp³-hybridized carbons (Fsp3) is 0.219. The van der Waals surface area contributed by atoms with E-state index >= 15 is 0 Å². The summed E-state index contributed by atoms with van der Waals surface area (Å²) in [6, 6.07) is 33.3. The lowest BCUT2D eigenvalue weighted by Gasteiger charge is -2.27. The maximum Gasteiger partial charge on any atom is 0.251 e. The van der Waals surface area contributed by atoms with Gasteiger partial charge in [0.1, 0.15) is 0 Å². The molecule has 4 aromatic rings. The molecule has 4 nitrogen and oxygen atoms in total. The van der Waals surface area contributed by atoms with E-state index in [1.165, 1.54) is 22.3 Å². The molecule has 36 heavy (non-hydrogen) atoms. The lowest BCUT2D eigenvalue weighted by Crippen LogP contribution is -2.42. The standard InChI is InChI=1S/C32H33N3O/c1-24-7-2-3-14-31(24)29-12-6-13-30(21-29)32(36)34-22-25-8-4-10-27(19-25)28-11-5-9-26(20-28)23-35-17-15-33-16-18-35/h2-14,19-21,33H,15-18,22-23H2,1H3,(H,34,36). The van der Waals surface area contributed by atoms with Gasteiger partial charge in [-0.25, -0.2) is 0 Å². The fourth-order valence-electron chi connectivity index (χ4n) is 4.85. The van der Waals surface area contributed by atoms with Crippen LogP contribution in [-0.4, -0.2) is 37.0 Å². The Bertz CT molecular complexity index is 1340. The molecule has 0 saturated carbocycles. The number of carbonyl (C=O) groups excluding carboxylic acids is 1. The van der Waals surface area contributed by atoms with E-state index in [9.17, 15) is 4.79 Å². The van der Waals surface area contributed by atoms with Crippen LogP contribution in [0.25, 0.3) is 22.3 Å². The Hall–Kier alpha value is -3.73.